The summed E-state index contributed by atoms with van der Waals surface area (Å²) < 4.78 is 17.5. The Morgan fingerprint density at radius 3 is 2.50 bits per heavy atom. The molecule has 1 aromatic carbocycles. The van der Waals surface area contributed by atoms with Crippen LogP contribution in [0.1, 0.15) is 55.5 Å². The van der Waals surface area contributed by atoms with Gasteiger partial charge in [0.2, 0.25) is 0 Å². The smallest absolute Gasteiger partial charge is 0.124 e. The first-order chi connectivity index (χ1) is 16.5. The maximum absolute atomic E-state index is 13.7. The lowest BCUT2D eigenvalue weighted by molar-refractivity contribution is 0.271. The van der Waals surface area contributed by atoms with Gasteiger partial charge in [0, 0.05) is 32.8 Å². The quantitative estimate of drug-likeness (QED) is 0.350. The molecule has 0 aliphatic heterocycles. The van der Waals surface area contributed by atoms with Crippen molar-refractivity contribution >= 4 is 17.3 Å². The summed E-state index contributed by atoms with van der Waals surface area (Å²) in [5.74, 6) is 0.314. The highest BCUT2D eigenvalue weighted by Gasteiger charge is 2.23. The van der Waals surface area contributed by atoms with Crippen molar-refractivity contribution in [3.8, 4) is 23.3 Å². The third-order valence-electron chi connectivity index (χ3n) is 6.67. The third-order valence-corrected chi connectivity index (χ3v) is 7.77. The van der Waals surface area contributed by atoms with Crippen molar-refractivity contribution in [2.24, 2.45) is 5.92 Å². The number of aromatic nitrogens is 4. The van der Waals surface area contributed by atoms with Crippen molar-refractivity contribution in [2.45, 2.75) is 55.4 Å². The van der Waals surface area contributed by atoms with Crippen LogP contribution in [0.5, 0.6) is 0 Å². The molecule has 0 saturated heterocycles. The number of nitriles is 2. The van der Waals surface area contributed by atoms with Crippen molar-refractivity contribution in [1.82, 2.24) is 19.4 Å². The molecule has 1 aliphatic rings. The Labute approximate surface area is 201 Å². The Bertz CT molecular complexity index is 1460. The van der Waals surface area contributed by atoms with E-state index in [1.807, 2.05) is 18.5 Å². The van der Waals surface area contributed by atoms with E-state index in [2.05, 4.69) is 35.8 Å². The molecule has 34 heavy (non-hydrogen) atoms. The van der Waals surface area contributed by atoms with Crippen molar-refractivity contribution in [1.29, 1.82) is 10.5 Å². The van der Waals surface area contributed by atoms with Crippen LogP contribution >= 0.6 is 11.8 Å². The molecule has 5 rings (SSSR count). The Hall–Kier alpha value is -3.62. The first-order valence-electron chi connectivity index (χ1n) is 11.3. The third kappa shape index (κ3) is 3.95. The maximum atomic E-state index is 13.7. The summed E-state index contributed by atoms with van der Waals surface area (Å²) in [5, 5.41) is 28.3. The van der Waals surface area contributed by atoms with Gasteiger partial charge in [-0.1, -0.05) is 18.7 Å². The average Bonchev–Trinajstić information content (AvgIpc) is 3.44. The summed E-state index contributed by atoms with van der Waals surface area (Å²) in [6, 6.07) is 10.8. The van der Waals surface area contributed by atoms with E-state index in [4.69, 9.17) is 5.10 Å². The van der Waals surface area contributed by atoms with Crippen LogP contribution in [0.3, 0.4) is 0 Å². The molecular weight excluding hydrogens is 447 g/mol. The van der Waals surface area contributed by atoms with Crippen LogP contribution in [0.25, 0.3) is 16.6 Å². The number of rotatable bonds is 4. The molecule has 1 fully saturated rings. The van der Waals surface area contributed by atoms with Gasteiger partial charge < -0.3 is 0 Å². The molecule has 6 nitrogen and oxygen atoms in total. The van der Waals surface area contributed by atoms with Gasteiger partial charge in [-0.25, -0.2) is 8.91 Å². The summed E-state index contributed by atoms with van der Waals surface area (Å²) in [6.45, 7) is 4.40. The van der Waals surface area contributed by atoms with Crippen LogP contribution in [0, 0.1) is 41.3 Å². The lowest BCUT2D eigenvalue weighted by Gasteiger charge is -2.27. The molecule has 0 amide bonds. The first kappa shape index (κ1) is 22.2. The fourth-order valence-corrected chi connectivity index (χ4v) is 5.82. The van der Waals surface area contributed by atoms with Crippen LogP contribution in [-0.2, 0) is 0 Å². The van der Waals surface area contributed by atoms with Gasteiger partial charge in [0.15, 0.2) is 0 Å². The number of hydrogen-bond donors (Lipinski definition) is 0. The lowest BCUT2D eigenvalue weighted by atomic mass is 9.87. The molecule has 0 unspecified atom stereocenters. The zero-order valence-electron chi connectivity index (χ0n) is 19.0. The largest absolute Gasteiger partial charge is 0.266 e. The van der Waals surface area contributed by atoms with Crippen LogP contribution in [-0.4, -0.2) is 19.4 Å². The average molecular weight is 471 g/mol. The highest BCUT2D eigenvalue weighted by molar-refractivity contribution is 7.99. The number of pyridine rings is 1. The number of fused-ring (bicyclic) bond motifs is 1. The molecule has 0 N–H and O–H groups in total. The van der Waals surface area contributed by atoms with Gasteiger partial charge >= 0.3 is 0 Å². The molecule has 3 heterocycles. The Kier molecular flexibility index (Phi) is 5.85. The molecule has 3 aromatic heterocycles. The number of halogens is 1. The molecule has 1 aliphatic carbocycles. The van der Waals surface area contributed by atoms with Crippen LogP contribution in [0.2, 0.25) is 0 Å². The van der Waals surface area contributed by atoms with E-state index < -0.39 is 5.82 Å². The molecule has 4 aromatic rings. The van der Waals surface area contributed by atoms with Crippen molar-refractivity contribution < 1.29 is 4.39 Å². The first-order valence-corrected chi connectivity index (χ1v) is 12.1. The fourth-order valence-electron chi connectivity index (χ4n) is 4.75. The van der Waals surface area contributed by atoms with Crippen LogP contribution < -0.4 is 0 Å². The van der Waals surface area contributed by atoms with Gasteiger partial charge in [0.25, 0.3) is 0 Å². The Morgan fingerprint density at radius 1 is 1.00 bits per heavy atom. The second-order valence-electron chi connectivity index (χ2n) is 8.91. The minimum absolute atomic E-state index is 0.252. The second kappa shape index (κ2) is 8.96. The van der Waals surface area contributed by atoms with E-state index >= 15 is 0 Å². The molecule has 8 heteroatoms. The molecular formula is C26H23FN6S. The minimum atomic E-state index is -0.456. The summed E-state index contributed by atoms with van der Waals surface area (Å²) >= 11 is 1.33. The van der Waals surface area contributed by atoms with E-state index in [9.17, 15) is 14.9 Å². The number of nitrogens with zero attached hydrogens (tertiary/aromatic N) is 6. The SMILES string of the molecule is Cc1c(-c2cc(Sc3ccc(F)cc3C#N)c3c(C#N)cnn3c2)cnn1C1CCC(C)CC1. The minimum Gasteiger partial charge on any atom is -0.266 e. The molecule has 1 saturated carbocycles. The van der Waals surface area contributed by atoms with E-state index in [-0.39, 0.29) is 5.56 Å². The Balaban J connectivity index is 1.60. The van der Waals surface area contributed by atoms with Crippen molar-refractivity contribution in [2.75, 3.05) is 0 Å². The van der Waals surface area contributed by atoms with E-state index in [0.717, 1.165) is 40.5 Å². The van der Waals surface area contributed by atoms with Gasteiger partial charge in [0.1, 0.15) is 18.0 Å². The molecule has 170 valence electrons. The number of hydrogen-bond acceptors (Lipinski definition) is 5. The maximum Gasteiger partial charge on any atom is 0.124 e. The number of benzene rings is 1. The Morgan fingerprint density at radius 2 is 1.76 bits per heavy atom. The molecule has 0 spiro atoms. The van der Waals surface area contributed by atoms with Gasteiger partial charge in [-0.3, -0.25) is 4.68 Å². The molecule has 0 radical (unpaired) electrons. The van der Waals surface area contributed by atoms with Gasteiger partial charge in [0.05, 0.1) is 35.1 Å². The van der Waals surface area contributed by atoms with E-state index in [0.29, 0.717) is 22.0 Å². The fraction of sp³-hybridized carbons (Fsp3) is 0.308. The topological polar surface area (TPSA) is 82.7 Å². The monoisotopic (exact) mass is 470 g/mol. The van der Waals surface area contributed by atoms with Crippen LogP contribution in [0.4, 0.5) is 4.39 Å². The molecule has 0 atom stereocenters. The predicted molar refractivity (Wildman–Crippen MR) is 128 cm³/mol. The highest BCUT2D eigenvalue weighted by Crippen LogP contribution is 2.39. The van der Waals surface area contributed by atoms with E-state index in [1.165, 1.54) is 36.7 Å². The normalized spacial score (nSPS) is 18.0. The summed E-state index contributed by atoms with van der Waals surface area (Å²) in [4.78, 5) is 1.39. The standard InChI is InChI=1S/C26H23FN6S/c1-16-3-6-22(7-4-16)33-17(2)23(14-31-33)19-10-25(26-20(12-29)13-30-32(26)15-19)34-24-8-5-21(27)9-18(24)11-28/h5,8-10,13-16,22H,3-4,6-7H2,1-2H3. The summed E-state index contributed by atoms with van der Waals surface area (Å²) in [6.07, 6.45) is 10.1. The zero-order chi connectivity index (χ0) is 23.8. The van der Waals surface area contributed by atoms with E-state index in [1.54, 1.807) is 16.8 Å². The van der Waals surface area contributed by atoms with Crippen molar-refractivity contribution in [3.05, 3.63) is 65.5 Å². The van der Waals surface area contributed by atoms with Crippen LogP contribution in [0.15, 0.2) is 52.6 Å². The van der Waals surface area contributed by atoms with Gasteiger partial charge in [-0.2, -0.15) is 20.7 Å². The lowest BCUT2D eigenvalue weighted by Crippen LogP contribution is -2.18. The molecule has 0 bridgehead atoms. The zero-order valence-corrected chi connectivity index (χ0v) is 19.8. The van der Waals surface area contributed by atoms with Gasteiger partial charge in [-0.15, -0.1) is 0 Å². The van der Waals surface area contributed by atoms with Gasteiger partial charge in [-0.05, 0) is 62.8 Å². The van der Waals surface area contributed by atoms with Crippen molar-refractivity contribution in [3.63, 3.8) is 0 Å². The second-order valence-corrected chi connectivity index (χ2v) is 10.00. The predicted octanol–water partition coefficient (Wildman–Crippen LogP) is 6.29. The summed E-state index contributed by atoms with van der Waals surface area (Å²) in [5.41, 5.74) is 4.39. The highest BCUT2D eigenvalue weighted by atomic mass is 32.2. The summed E-state index contributed by atoms with van der Waals surface area (Å²) in [7, 11) is 0.